The largest absolute Gasteiger partial charge is 0.461 e. The second-order valence-electron chi connectivity index (χ2n) is 3.19. The van der Waals surface area contributed by atoms with Crippen molar-refractivity contribution in [3.8, 4) is 10.6 Å². The Balaban J connectivity index is 2.26. The summed E-state index contributed by atoms with van der Waals surface area (Å²) >= 11 is 2.96. The molecule has 16 heavy (non-hydrogen) atoms. The van der Waals surface area contributed by atoms with Crippen LogP contribution in [-0.2, 0) is 4.74 Å². The Morgan fingerprint density at radius 1 is 1.50 bits per heavy atom. The molecule has 84 valence electrons. The minimum atomic E-state index is -0.340. The lowest BCUT2D eigenvalue weighted by molar-refractivity contribution is 0.0526. The molecule has 0 atom stereocenters. The van der Waals surface area contributed by atoms with Gasteiger partial charge >= 0.3 is 5.97 Å². The highest BCUT2D eigenvalue weighted by atomic mass is 32.1. The van der Waals surface area contributed by atoms with E-state index in [2.05, 4.69) is 4.98 Å². The van der Waals surface area contributed by atoms with E-state index < -0.39 is 0 Å². The Labute approximate surface area is 102 Å². The monoisotopic (exact) mass is 253 g/mol. The first-order valence-electron chi connectivity index (χ1n) is 4.89. The van der Waals surface area contributed by atoms with Crippen LogP contribution in [0.5, 0.6) is 0 Å². The number of nitrogens with zero attached hydrogens (tertiary/aromatic N) is 1. The zero-order chi connectivity index (χ0) is 11.5. The van der Waals surface area contributed by atoms with Crippen LogP contribution in [0.3, 0.4) is 0 Å². The molecular weight excluding hydrogens is 242 g/mol. The topological polar surface area (TPSA) is 39.2 Å². The van der Waals surface area contributed by atoms with Crippen LogP contribution >= 0.6 is 22.7 Å². The SMILES string of the molecule is CCOC(=O)c1nc(-c2sccc2C)cs1. The molecule has 0 radical (unpaired) electrons. The summed E-state index contributed by atoms with van der Waals surface area (Å²) in [5.74, 6) is -0.340. The van der Waals surface area contributed by atoms with Gasteiger partial charge in [0, 0.05) is 5.38 Å². The van der Waals surface area contributed by atoms with Gasteiger partial charge in [0.2, 0.25) is 5.01 Å². The minimum absolute atomic E-state index is 0.340. The van der Waals surface area contributed by atoms with Gasteiger partial charge in [-0.3, -0.25) is 0 Å². The van der Waals surface area contributed by atoms with Crippen molar-refractivity contribution in [1.82, 2.24) is 4.98 Å². The van der Waals surface area contributed by atoms with E-state index in [1.807, 2.05) is 23.8 Å². The Bertz CT molecular complexity index is 502. The summed E-state index contributed by atoms with van der Waals surface area (Å²) in [6, 6.07) is 2.05. The van der Waals surface area contributed by atoms with Crippen LogP contribution in [0.2, 0.25) is 0 Å². The first-order chi connectivity index (χ1) is 7.72. The third-order valence-corrected chi connectivity index (χ3v) is 3.91. The molecule has 0 aliphatic rings. The van der Waals surface area contributed by atoms with E-state index >= 15 is 0 Å². The van der Waals surface area contributed by atoms with Crippen molar-refractivity contribution in [2.24, 2.45) is 0 Å². The van der Waals surface area contributed by atoms with E-state index in [-0.39, 0.29) is 5.97 Å². The Morgan fingerprint density at radius 3 is 2.94 bits per heavy atom. The number of hydrogen-bond donors (Lipinski definition) is 0. The van der Waals surface area contributed by atoms with Gasteiger partial charge < -0.3 is 4.74 Å². The number of hydrogen-bond acceptors (Lipinski definition) is 5. The second kappa shape index (κ2) is 4.76. The Hall–Kier alpha value is -1.20. The molecule has 0 spiro atoms. The van der Waals surface area contributed by atoms with Crippen LogP contribution in [-0.4, -0.2) is 17.6 Å². The molecule has 2 aromatic rings. The molecule has 0 aromatic carbocycles. The van der Waals surface area contributed by atoms with E-state index in [1.54, 1.807) is 18.3 Å². The summed E-state index contributed by atoms with van der Waals surface area (Å²) in [4.78, 5) is 16.8. The number of carbonyl (C=O) groups is 1. The highest BCUT2D eigenvalue weighted by Crippen LogP contribution is 2.29. The van der Waals surface area contributed by atoms with Gasteiger partial charge in [-0.1, -0.05) is 0 Å². The Morgan fingerprint density at radius 2 is 2.31 bits per heavy atom. The van der Waals surface area contributed by atoms with Crippen molar-refractivity contribution in [1.29, 1.82) is 0 Å². The number of aryl methyl sites for hydroxylation is 1. The number of thiophene rings is 1. The molecule has 0 bridgehead atoms. The van der Waals surface area contributed by atoms with E-state index in [1.165, 1.54) is 16.9 Å². The smallest absolute Gasteiger partial charge is 0.367 e. The normalized spacial score (nSPS) is 10.4. The molecule has 5 heteroatoms. The van der Waals surface area contributed by atoms with Crippen LogP contribution in [0.25, 0.3) is 10.6 Å². The van der Waals surface area contributed by atoms with Gasteiger partial charge in [0.25, 0.3) is 0 Å². The molecule has 0 aliphatic carbocycles. The first kappa shape index (κ1) is 11.3. The third kappa shape index (κ3) is 2.15. The first-order valence-corrected chi connectivity index (χ1v) is 6.65. The van der Waals surface area contributed by atoms with Crippen molar-refractivity contribution < 1.29 is 9.53 Å². The lowest BCUT2D eigenvalue weighted by atomic mass is 10.2. The molecule has 0 unspecified atom stereocenters. The van der Waals surface area contributed by atoms with Crippen LogP contribution in [0.4, 0.5) is 0 Å². The van der Waals surface area contributed by atoms with Gasteiger partial charge in [-0.2, -0.15) is 0 Å². The average Bonchev–Trinajstić information content (AvgIpc) is 2.86. The van der Waals surface area contributed by atoms with E-state index in [4.69, 9.17) is 4.74 Å². The third-order valence-electron chi connectivity index (χ3n) is 2.05. The van der Waals surface area contributed by atoms with Gasteiger partial charge in [0.1, 0.15) is 0 Å². The van der Waals surface area contributed by atoms with E-state index in [0.29, 0.717) is 11.6 Å². The number of carbonyl (C=O) groups excluding carboxylic acids is 1. The standard InChI is InChI=1S/C11H11NO2S2/c1-3-14-11(13)10-12-8(6-16-10)9-7(2)4-5-15-9/h4-6H,3H2,1-2H3. The number of ether oxygens (including phenoxy) is 1. The molecule has 0 amide bonds. The lowest BCUT2D eigenvalue weighted by Crippen LogP contribution is -2.03. The molecule has 2 aromatic heterocycles. The fourth-order valence-corrected chi connectivity index (χ4v) is 2.96. The number of esters is 1. The number of thiazole rings is 1. The number of rotatable bonds is 3. The maximum absolute atomic E-state index is 11.4. The van der Waals surface area contributed by atoms with Crippen molar-refractivity contribution in [2.75, 3.05) is 6.61 Å². The maximum atomic E-state index is 11.4. The van der Waals surface area contributed by atoms with Crippen molar-refractivity contribution in [2.45, 2.75) is 13.8 Å². The summed E-state index contributed by atoms with van der Waals surface area (Å²) in [6.45, 7) is 4.21. The average molecular weight is 253 g/mol. The zero-order valence-electron chi connectivity index (χ0n) is 9.02. The van der Waals surface area contributed by atoms with Gasteiger partial charge in [-0.15, -0.1) is 22.7 Å². The minimum Gasteiger partial charge on any atom is -0.461 e. The predicted molar refractivity (Wildman–Crippen MR) is 66.1 cm³/mol. The van der Waals surface area contributed by atoms with Gasteiger partial charge in [0.15, 0.2) is 0 Å². The number of aromatic nitrogens is 1. The second-order valence-corrected chi connectivity index (χ2v) is 4.97. The molecule has 0 aliphatic heterocycles. The zero-order valence-corrected chi connectivity index (χ0v) is 10.7. The van der Waals surface area contributed by atoms with Crippen LogP contribution in [0.1, 0.15) is 22.3 Å². The maximum Gasteiger partial charge on any atom is 0.367 e. The van der Waals surface area contributed by atoms with Crippen molar-refractivity contribution in [3.63, 3.8) is 0 Å². The molecule has 2 heterocycles. The van der Waals surface area contributed by atoms with Gasteiger partial charge in [0.05, 0.1) is 17.2 Å². The van der Waals surface area contributed by atoms with Crippen molar-refractivity contribution >= 4 is 28.6 Å². The van der Waals surface area contributed by atoms with Gasteiger partial charge in [-0.25, -0.2) is 9.78 Å². The highest BCUT2D eigenvalue weighted by Gasteiger charge is 2.14. The lowest BCUT2D eigenvalue weighted by Gasteiger charge is -1.96. The summed E-state index contributed by atoms with van der Waals surface area (Å²) in [7, 11) is 0. The summed E-state index contributed by atoms with van der Waals surface area (Å²) in [5, 5.41) is 4.34. The molecule has 0 saturated carbocycles. The predicted octanol–water partition coefficient (Wildman–Crippen LogP) is 3.36. The summed E-state index contributed by atoms with van der Waals surface area (Å²) in [6.07, 6.45) is 0. The summed E-state index contributed by atoms with van der Waals surface area (Å²) in [5.41, 5.74) is 2.05. The van der Waals surface area contributed by atoms with Crippen LogP contribution < -0.4 is 0 Å². The molecular formula is C11H11NO2S2. The van der Waals surface area contributed by atoms with E-state index in [0.717, 1.165) is 10.6 Å². The fourth-order valence-electron chi connectivity index (χ4n) is 1.30. The van der Waals surface area contributed by atoms with Crippen LogP contribution in [0.15, 0.2) is 16.8 Å². The molecule has 3 nitrogen and oxygen atoms in total. The summed E-state index contributed by atoms with van der Waals surface area (Å²) < 4.78 is 4.90. The van der Waals surface area contributed by atoms with Gasteiger partial charge in [-0.05, 0) is 30.9 Å². The molecule has 0 fully saturated rings. The van der Waals surface area contributed by atoms with Crippen molar-refractivity contribution in [3.05, 3.63) is 27.4 Å². The van der Waals surface area contributed by atoms with E-state index in [9.17, 15) is 4.79 Å². The fraction of sp³-hybridized carbons (Fsp3) is 0.273. The Kier molecular flexibility index (Phi) is 3.36. The molecule has 2 rings (SSSR count). The van der Waals surface area contributed by atoms with Crippen LogP contribution in [0, 0.1) is 6.92 Å². The molecule has 0 saturated heterocycles. The highest BCUT2D eigenvalue weighted by molar-refractivity contribution is 7.15. The molecule has 0 N–H and O–H groups in total. The quantitative estimate of drug-likeness (QED) is 0.787.